The highest BCUT2D eigenvalue weighted by molar-refractivity contribution is 7.10. The van der Waals surface area contributed by atoms with Gasteiger partial charge in [-0.2, -0.15) is 4.37 Å². The van der Waals surface area contributed by atoms with E-state index in [0.717, 1.165) is 36.6 Å². The smallest absolute Gasteiger partial charge is 0.256 e. The highest BCUT2D eigenvalue weighted by Gasteiger charge is 2.19. The number of benzene rings is 1. The molecule has 2 aromatic rings. The zero-order valence-corrected chi connectivity index (χ0v) is 14.4. The van der Waals surface area contributed by atoms with Crippen LogP contribution >= 0.6 is 11.5 Å². The Morgan fingerprint density at radius 2 is 2.22 bits per heavy atom. The number of rotatable bonds is 6. The van der Waals surface area contributed by atoms with E-state index in [-0.39, 0.29) is 5.91 Å². The monoisotopic (exact) mass is 330 g/mol. The standard InChI is InChI=1S/C17H22N4OS/c1-12-15(17(18-2)23-20-12)16(22)19-9-5-10-21-11-8-13-6-3-4-7-14(13)21/h3-4,6-7,18H,5,8-11H2,1-2H3,(H,19,22). The van der Waals surface area contributed by atoms with E-state index in [0.29, 0.717) is 12.1 Å². The number of carbonyl (C=O) groups excluding carboxylic acids is 1. The zero-order chi connectivity index (χ0) is 16.2. The molecule has 0 saturated heterocycles. The maximum Gasteiger partial charge on any atom is 0.256 e. The predicted molar refractivity (Wildman–Crippen MR) is 95.7 cm³/mol. The van der Waals surface area contributed by atoms with Gasteiger partial charge in [0.1, 0.15) is 5.00 Å². The summed E-state index contributed by atoms with van der Waals surface area (Å²) in [7, 11) is 1.81. The fourth-order valence-electron chi connectivity index (χ4n) is 3.01. The van der Waals surface area contributed by atoms with Crippen LogP contribution in [0.1, 0.15) is 28.0 Å². The van der Waals surface area contributed by atoms with Crippen molar-refractivity contribution in [2.45, 2.75) is 19.8 Å². The molecule has 1 aliphatic rings. The van der Waals surface area contributed by atoms with Crippen molar-refractivity contribution in [3.63, 3.8) is 0 Å². The summed E-state index contributed by atoms with van der Waals surface area (Å²) in [5, 5.41) is 6.87. The van der Waals surface area contributed by atoms with Crippen molar-refractivity contribution in [1.29, 1.82) is 0 Å². The highest BCUT2D eigenvalue weighted by Crippen LogP contribution is 2.27. The van der Waals surface area contributed by atoms with Crippen LogP contribution in [0.5, 0.6) is 0 Å². The number of amides is 1. The Kier molecular flexibility index (Phi) is 4.81. The van der Waals surface area contributed by atoms with Crippen molar-refractivity contribution in [2.24, 2.45) is 0 Å². The molecule has 0 atom stereocenters. The SMILES string of the molecule is CNc1snc(C)c1C(=O)NCCCN1CCc2ccccc21. The number of anilines is 2. The molecule has 122 valence electrons. The number of hydrogen-bond donors (Lipinski definition) is 2. The van der Waals surface area contributed by atoms with Gasteiger partial charge in [0.05, 0.1) is 11.3 Å². The minimum atomic E-state index is -0.0394. The quantitative estimate of drug-likeness (QED) is 0.800. The van der Waals surface area contributed by atoms with Gasteiger partial charge in [-0.05, 0) is 42.9 Å². The van der Waals surface area contributed by atoms with E-state index in [4.69, 9.17) is 0 Å². The average molecular weight is 330 g/mol. The Morgan fingerprint density at radius 1 is 1.39 bits per heavy atom. The van der Waals surface area contributed by atoms with Crippen LogP contribution in [0.25, 0.3) is 0 Å². The van der Waals surface area contributed by atoms with Crippen molar-refractivity contribution in [2.75, 3.05) is 36.9 Å². The van der Waals surface area contributed by atoms with Crippen LogP contribution in [0.3, 0.4) is 0 Å². The van der Waals surface area contributed by atoms with Gasteiger partial charge in [0.2, 0.25) is 0 Å². The van der Waals surface area contributed by atoms with Gasteiger partial charge in [-0.25, -0.2) is 0 Å². The van der Waals surface area contributed by atoms with Gasteiger partial charge in [-0.1, -0.05) is 18.2 Å². The molecule has 3 rings (SSSR count). The number of hydrogen-bond acceptors (Lipinski definition) is 5. The number of nitrogens with zero attached hydrogens (tertiary/aromatic N) is 2. The van der Waals surface area contributed by atoms with Gasteiger partial charge < -0.3 is 15.5 Å². The Balaban J connectivity index is 1.49. The van der Waals surface area contributed by atoms with Crippen molar-refractivity contribution >= 4 is 28.1 Å². The summed E-state index contributed by atoms with van der Waals surface area (Å²) in [4.78, 5) is 14.7. The first-order valence-electron chi connectivity index (χ1n) is 7.95. The van der Waals surface area contributed by atoms with E-state index < -0.39 is 0 Å². The van der Waals surface area contributed by atoms with Gasteiger partial charge in [-0.15, -0.1) is 0 Å². The Morgan fingerprint density at radius 3 is 3.04 bits per heavy atom. The van der Waals surface area contributed by atoms with Gasteiger partial charge in [0, 0.05) is 32.4 Å². The summed E-state index contributed by atoms with van der Waals surface area (Å²) in [5.41, 5.74) is 4.22. The predicted octanol–water partition coefficient (Wildman–Crippen LogP) is 2.68. The number of nitrogens with one attached hydrogen (secondary N) is 2. The molecule has 1 amide bonds. The lowest BCUT2D eigenvalue weighted by Gasteiger charge is -2.19. The molecule has 0 spiro atoms. The Labute approximate surface area is 140 Å². The second-order valence-corrected chi connectivity index (χ2v) is 6.47. The van der Waals surface area contributed by atoms with Crippen LogP contribution in [0, 0.1) is 6.92 Å². The molecule has 23 heavy (non-hydrogen) atoms. The van der Waals surface area contributed by atoms with Crippen molar-refractivity contribution in [1.82, 2.24) is 9.69 Å². The molecule has 0 aliphatic carbocycles. The van der Waals surface area contributed by atoms with Crippen LogP contribution in [0.4, 0.5) is 10.7 Å². The van der Waals surface area contributed by atoms with E-state index in [1.807, 2.05) is 14.0 Å². The zero-order valence-electron chi connectivity index (χ0n) is 13.6. The summed E-state index contributed by atoms with van der Waals surface area (Å²) in [5.74, 6) is -0.0394. The summed E-state index contributed by atoms with van der Waals surface area (Å²) in [6, 6.07) is 8.56. The molecule has 1 aromatic heterocycles. The largest absolute Gasteiger partial charge is 0.378 e. The molecule has 1 aliphatic heterocycles. The molecule has 0 unspecified atom stereocenters. The first kappa shape index (κ1) is 15.8. The summed E-state index contributed by atoms with van der Waals surface area (Å²) >= 11 is 1.33. The third-order valence-electron chi connectivity index (χ3n) is 4.19. The lowest BCUT2D eigenvalue weighted by Crippen LogP contribution is -2.29. The third kappa shape index (κ3) is 3.32. The summed E-state index contributed by atoms with van der Waals surface area (Å²) in [6.07, 6.45) is 2.05. The first-order valence-corrected chi connectivity index (χ1v) is 8.73. The fourth-order valence-corrected chi connectivity index (χ4v) is 3.75. The van der Waals surface area contributed by atoms with Crippen LogP contribution < -0.4 is 15.5 Å². The molecule has 6 heteroatoms. The minimum absolute atomic E-state index is 0.0394. The molecule has 5 nitrogen and oxygen atoms in total. The van der Waals surface area contributed by atoms with E-state index in [1.54, 1.807) is 0 Å². The Hall–Kier alpha value is -2.08. The number of aryl methyl sites for hydroxylation is 1. The number of aromatic nitrogens is 1. The van der Waals surface area contributed by atoms with Crippen molar-refractivity contribution in [3.8, 4) is 0 Å². The molecule has 0 bridgehead atoms. The van der Waals surface area contributed by atoms with E-state index in [1.165, 1.54) is 22.8 Å². The summed E-state index contributed by atoms with van der Waals surface area (Å²) < 4.78 is 4.23. The van der Waals surface area contributed by atoms with Crippen molar-refractivity contribution in [3.05, 3.63) is 41.1 Å². The average Bonchev–Trinajstić information content (AvgIpc) is 3.15. The van der Waals surface area contributed by atoms with Crippen LogP contribution in [-0.4, -0.2) is 37.0 Å². The summed E-state index contributed by atoms with van der Waals surface area (Å²) in [6.45, 7) is 4.59. The van der Waals surface area contributed by atoms with Crippen LogP contribution in [-0.2, 0) is 6.42 Å². The molecule has 1 aromatic carbocycles. The highest BCUT2D eigenvalue weighted by atomic mass is 32.1. The molecule has 2 N–H and O–H groups in total. The van der Waals surface area contributed by atoms with Gasteiger partial charge in [0.25, 0.3) is 5.91 Å². The number of para-hydroxylation sites is 1. The molecule has 0 fully saturated rings. The molecular weight excluding hydrogens is 308 g/mol. The van der Waals surface area contributed by atoms with Crippen LogP contribution in [0.2, 0.25) is 0 Å². The Bertz CT molecular complexity index is 698. The van der Waals surface area contributed by atoms with E-state index in [2.05, 4.69) is 44.2 Å². The normalized spacial score (nSPS) is 13.0. The fraction of sp³-hybridized carbons (Fsp3) is 0.412. The second-order valence-electron chi connectivity index (χ2n) is 5.70. The minimum Gasteiger partial charge on any atom is -0.378 e. The molecule has 0 saturated carbocycles. The van der Waals surface area contributed by atoms with Gasteiger partial charge in [-0.3, -0.25) is 4.79 Å². The van der Waals surface area contributed by atoms with Gasteiger partial charge >= 0.3 is 0 Å². The maximum absolute atomic E-state index is 12.3. The number of carbonyl (C=O) groups is 1. The lowest BCUT2D eigenvalue weighted by molar-refractivity contribution is 0.0954. The molecule has 0 radical (unpaired) electrons. The second kappa shape index (κ2) is 7.00. The van der Waals surface area contributed by atoms with Crippen LogP contribution in [0.15, 0.2) is 24.3 Å². The lowest BCUT2D eigenvalue weighted by atomic mass is 10.2. The topological polar surface area (TPSA) is 57.3 Å². The molecule has 2 heterocycles. The van der Waals surface area contributed by atoms with E-state index >= 15 is 0 Å². The maximum atomic E-state index is 12.3. The third-order valence-corrected chi connectivity index (χ3v) is 5.15. The van der Waals surface area contributed by atoms with Crippen molar-refractivity contribution < 1.29 is 4.79 Å². The molecular formula is C17H22N4OS. The van der Waals surface area contributed by atoms with E-state index in [9.17, 15) is 4.79 Å². The van der Waals surface area contributed by atoms with Gasteiger partial charge in [0.15, 0.2) is 0 Å². The first-order chi connectivity index (χ1) is 11.2. The number of fused-ring (bicyclic) bond motifs is 1.